The number of ether oxygens (including phenoxy) is 2. The average molecular weight is 508 g/mol. The maximum absolute atomic E-state index is 6.12. The van der Waals surface area contributed by atoms with Crippen LogP contribution in [0.3, 0.4) is 0 Å². The Bertz CT molecular complexity index is 1530. The Balaban J connectivity index is 1.22. The summed E-state index contributed by atoms with van der Waals surface area (Å²) in [5.41, 5.74) is 14.6. The van der Waals surface area contributed by atoms with Crippen LogP contribution in [0.15, 0.2) is 79.6 Å². The number of hydrogen-bond acceptors (Lipinski definition) is 11. The summed E-state index contributed by atoms with van der Waals surface area (Å²) in [5, 5.41) is 6.28. The van der Waals surface area contributed by atoms with E-state index in [1.165, 1.54) is 6.33 Å². The molecule has 0 saturated carbocycles. The summed E-state index contributed by atoms with van der Waals surface area (Å²) >= 11 is 0. The minimum atomic E-state index is 0.258. The molecule has 6 rings (SSSR count). The van der Waals surface area contributed by atoms with Crippen molar-refractivity contribution in [3.63, 3.8) is 0 Å². The number of nitrogens with zero attached hydrogens (tertiary/aromatic N) is 5. The van der Waals surface area contributed by atoms with E-state index in [-0.39, 0.29) is 11.8 Å². The first-order chi connectivity index (χ1) is 18.6. The average Bonchev–Trinajstić information content (AvgIpc) is 3.60. The zero-order valence-corrected chi connectivity index (χ0v) is 19.7. The topological polar surface area (TPSA) is 191 Å². The first-order valence-corrected chi connectivity index (χ1v) is 11.4. The van der Waals surface area contributed by atoms with Crippen LogP contribution < -0.4 is 31.6 Å². The van der Waals surface area contributed by atoms with Gasteiger partial charge in [-0.1, -0.05) is 12.1 Å². The normalized spacial score (nSPS) is 10.8. The van der Waals surface area contributed by atoms with Gasteiger partial charge in [-0.15, -0.1) is 0 Å². The lowest BCUT2D eigenvalue weighted by molar-refractivity contribution is 0.450. The van der Waals surface area contributed by atoms with Crippen LogP contribution >= 0.6 is 0 Å². The van der Waals surface area contributed by atoms with E-state index in [2.05, 4.69) is 45.5 Å². The Kier molecular flexibility index (Phi) is 5.74. The van der Waals surface area contributed by atoms with Crippen molar-refractivity contribution in [3.05, 3.63) is 79.6 Å². The zero-order valence-electron chi connectivity index (χ0n) is 19.7. The number of nitrogens with two attached hydrogens (primary N) is 2. The van der Waals surface area contributed by atoms with Crippen molar-refractivity contribution in [1.29, 1.82) is 0 Å². The third-order valence-corrected chi connectivity index (χ3v) is 5.42. The number of aromatic nitrogens is 7. The van der Waals surface area contributed by atoms with Crippen LogP contribution in [0.5, 0.6) is 23.5 Å². The molecule has 0 bridgehead atoms. The van der Waals surface area contributed by atoms with Gasteiger partial charge in [0.05, 0.1) is 22.5 Å². The van der Waals surface area contributed by atoms with Gasteiger partial charge in [0.25, 0.3) is 0 Å². The van der Waals surface area contributed by atoms with Crippen LogP contribution in [0.25, 0.3) is 11.1 Å². The van der Waals surface area contributed by atoms with Gasteiger partial charge in [-0.25, -0.2) is 19.9 Å². The fraction of sp³-hybridized carbons (Fsp3) is 0. The Morgan fingerprint density at radius 2 is 1.16 bits per heavy atom. The molecule has 0 saturated heterocycles. The van der Waals surface area contributed by atoms with E-state index in [1.807, 2.05) is 36.4 Å². The van der Waals surface area contributed by atoms with Gasteiger partial charge in [0.2, 0.25) is 23.5 Å². The van der Waals surface area contributed by atoms with Gasteiger partial charge in [0, 0.05) is 36.9 Å². The Morgan fingerprint density at radius 3 is 1.61 bits per heavy atom. The van der Waals surface area contributed by atoms with E-state index >= 15 is 0 Å². The fourth-order valence-corrected chi connectivity index (χ4v) is 3.67. The Morgan fingerprint density at radius 1 is 0.658 bits per heavy atom. The number of nitrogen functional groups attached to an aromatic ring is 2. The largest absolute Gasteiger partial charge is 0.422 e. The quantitative estimate of drug-likeness (QED) is 0.168. The SMILES string of the molecule is Nc1[nH]c(Oc2ncnc(Oc3cc(Nc4ccccn4)c(N)[nH]3)c3cncc2-3)cc1Nc1ccccn1. The van der Waals surface area contributed by atoms with Crippen molar-refractivity contribution < 1.29 is 9.47 Å². The molecule has 6 heterocycles. The van der Waals surface area contributed by atoms with Gasteiger partial charge in [-0.05, 0) is 24.3 Å². The molecule has 0 amide bonds. The molecular weight excluding hydrogens is 486 g/mol. The molecule has 4 aromatic rings. The molecule has 2 aliphatic heterocycles. The van der Waals surface area contributed by atoms with Crippen molar-refractivity contribution in [2.24, 2.45) is 0 Å². The molecule has 0 radical (unpaired) electrons. The zero-order chi connectivity index (χ0) is 25.9. The van der Waals surface area contributed by atoms with E-state index in [0.29, 0.717) is 57.5 Å². The number of H-pyrrole nitrogens is 2. The van der Waals surface area contributed by atoms with E-state index in [9.17, 15) is 0 Å². The molecule has 0 atom stereocenters. The monoisotopic (exact) mass is 507 g/mol. The molecule has 0 aromatic carbocycles. The van der Waals surface area contributed by atoms with E-state index < -0.39 is 0 Å². The molecule has 0 aliphatic carbocycles. The minimum Gasteiger partial charge on any atom is -0.422 e. The molecule has 0 spiro atoms. The van der Waals surface area contributed by atoms with Crippen molar-refractivity contribution in [2.45, 2.75) is 0 Å². The minimum absolute atomic E-state index is 0.258. The maximum Gasteiger partial charge on any atom is 0.232 e. The number of pyridine rings is 2. The van der Waals surface area contributed by atoms with E-state index in [4.69, 9.17) is 20.9 Å². The Labute approximate surface area is 215 Å². The van der Waals surface area contributed by atoms with Crippen LogP contribution in [-0.4, -0.2) is 34.9 Å². The summed E-state index contributed by atoms with van der Waals surface area (Å²) in [7, 11) is 0. The van der Waals surface area contributed by atoms with Crippen LogP contribution in [-0.2, 0) is 0 Å². The van der Waals surface area contributed by atoms with Gasteiger partial charge >= 0.3 is 0 Å². The number of anilines is 6. The molecule has 2 aliphatic rings. The van der Waals surface area contributed by atoms with Crippen LogP contribution in [0, 0.1) is 0 Å². The molecule has 8 N–H and O–H groups in total. The smallest absolute Gasteiger partial charge is 0.232 e. The summed E-state index contributed by atoms with van der Waals surface area (Å²) in [6, 6.07) is 14.5. The van der Waals surface area contributed by atoms with Gasteiger partial charge in [0.1, 0.15) is 29.6 Å². The highest BCUT2D eigenvalue weighted by Crippen LogP contribution is 2.39. The third kappa shape index (κ3) is 4.66. The summed E-state index contributed by atoms with van der Waals surface area (Å²) in [4.78, 5) is 27.4. The molecule has 0 fully saturated rings. The van der Waals surface area contributed by atoms with Gasteiger partial charge < -0.3 is 41.5 Å². The fourth-order valence-electron chi connectivity index (χ4n) is 3.67. The van der Waals surface area contributed by atoms with Crippen molar-refractivity contribution in [3.8, 4) is 34.6 Å². The van der Waals surface area contributed by atoms with Crippen molar-refractivity contribution in [2.75, 3.05) is 22.1 Å². The maximum atomic E-state index is 6.12. The van der Waals surface area contributed by atoms with E-state index in [0.717, 1.165) is 0 Å². The lowest BCUT2D eigenvalue weighted by Crippen LogP contribution is -1.95. The van der Waals surface area contributed by atoms with Crippen LogP contribution in [0.2, 0.25) is 0 Å². The predicted molar refractivity (Wildman–Crippen MR) is 142 cm³/mol. The van der Waals surface area contributed by atoms with Gasteiger partial charge in [-0.2, -0.15) is 0 Å². The Hall–Kier alpha value is -5.85. The highest BCUT2D eigenvalue weighted by molar-refractivity contribution is 5.75. The number of nitrogens with one attached hydrogen (secondary N) is 4. The van der Waals surface area contributed by atoms with Gasteiger partial charge in [0.15, 0.2) is 0 Å². The molecule has 0 unspecified atom stereocenters. The summed E-state index contributed by atoms with van der Waals surface area (Å²) < 4.78 is 12.0. The lowest BCUT2D eigenvalue weighted by atomic mass is 10.2. The number of rotatable bonds is 8. The van der Waals surface area contributed by atoms with E-state index in [1.54, 1.807) is 36.9 Å². The molecular formula is C25H21N11O2. The predicted octanol–water partition coefficient (Wildman–Crippen LogP) is 4.66. The lowest BCUT2D eigenvalue weighted by Gasteiger charge is -2.05. The van der Waals surface area contributed by atoms with Crippen LogP contribution in [0.1, 0.15) is 0 Å². The number of aromatic amines is 2. The van der Waals surface area contributed by atoms with Crippen molar-refractivity contribution in [1.82, 2.24) is 34.9 Å². The second-order valence-corrected chi connectivity index (χ2v) is 8.02. The summed E-state index contributed by atoms with van der Waals surface area (Å²) in [6.45, 7) is 0. The molecule has 188 valence electrons. The molecule has 4 aromatic heterocycles. The summed E-state index contributed by atoms with van der Waals surface area (Å²) in [6.07, 6.45) is 7.93. The molecule has 38 heavy (non-hydrogen) atoms. The number of hydrogen-bond donors (Lipinski definition) is 6. The van der Waals surface area contributed by atoms with Crippen molar-refractivity contribution >= 4 is 34.6 Å². The first kappa shape index (κ1) is 22.6. The second-order valence-electron chi connectivity index (χ2n) is 8.02. The highest BCUT2D eigenvalue weighted by Gasteiger charge is 2.20. The summed E-state index contributed by atoms with van der Waals surface area (Å²) in [5.74, 6) is 3.30. The molecule has 13 nitrogen and oxygen atoms in total. The molecule has 13 heteroatoms. The first-order valence-electron chi connectivity index (χ1n) is 11.4. The van der Waals surface area contributed by atoms with Gasteiger partial charge in [-0.3, -0.25) is 4.98 Å². The van der Waals surface area contributed by atoms with Crippen LogP contribution in [0.4, 0.5) is 34.6 Å². The number of fused-ring (bicyclic) bond motifs is 1. The highest BCUT2D eigenvalue weighted by atomic mass is 16.5. The third-order valence-electron chi connectivity index (χ3n) is 5.42. The standard InChI is InChI=1S/C25H21N11O2/c26-22-16(33-18-5-1-3-7-29-18)9-20(35-22)37-24-14-11-28-12-15(14)25(32-13-31-24)38-21-10-17(23(27)36-21)34-19-6-2-4-8-30-19/h1-13,35-36H,26-27H2,(H,29,33)(H,30,34). The second kappa shape index (κ2) is 9.66.